The average molecular weight is 255 g/mol. The van der Waals surface area contributed by atoms with E-state index < -0.39 is 0 Å². The number of aromatic nitrogens is 4. The van der Waals surface area contributed by atoms with Crippen LogP contribution in [0.1, 0.15) is 5.56 Å². The van der Waals surface area contributed by atoms with Crippen LogP contribution in [0.3, 0.4) is 0 Å². The summed E-state index contributed by atoms with van der Waals surface area (Å²) < 4.78 is 7.14. The van der Waals surface area contributed by atoms with E-state index >= 15 is 0 Å². The molecule has 1 aromatic carbocycles. The van der Waals surface area contributed by atoms with E-state index in [9.17, 15) is 0 Å². The summed E-state index contributed by atoms with van der Waals surface area (Å²) in [6, 6.07) is 5.60. The number of nitrogen functional groups attached to an aromatic ring is 1. The van der Waals surface area contributed by atoms with Crippen LogP contribution in [0.2, 0.25) is 0 Å². The Kier molecular flexibility index (Phi) is 2.56. The van der Waals surface area contributed by atoms with Crippen LogP contribution in [0.5, 0.6) is 0 Å². The van der Waals surface area contributed by atoms with Crippen molar-refractivity contribution in [2.45, 2.75) is 6.92 Å². The molecule has 2 N–H and O–H groups in total. The van der Waals surface area contributed by atoms with Crippen molar-refractivity contribution in [2.24, 2.45) is 7.05 Å². The molecular formula is C13H13N5O. The fraction of sp³-hybridized carbons (Fsp3) is 0.154. The fourth-order valence-corrected chi connectivity index (χ4v) is 1.88. The zero-order chi connectivity index (χ0) is 13.4. The predicted octanol–water partition coefficient (Wildman–Crippen LogP) is 2.03. The summed E-state index contributed by atoms with van der Waals surface area (Å²) in [6.07, 6.45) is 3.39. The van der Waals surface area contributed by atoms with Crippen molar-refractivity contribution in [1.29, 1.82) is 0 Å². The molecule has 0 amide bonds. The molecule has 3 rings (SSSR count). The Bertz CT molecular complexity index is 728. The number of hydrogen-bond acceptors (Lipinski definition) is 5. The number of benzene rings is 1. The Balaban J connectivity index is 2.06. The topological polar surface area (TPSA) is 82.8 Å². The van der Waals surface area contributed by atoms with Gasteiger partial charge in [0, 0.05) is 18.3 Å². The molecule has 0 aliphatic rings. The summed E-state index contributed by atoms with van der Waals surface area (Å²) in [5.74, 6) is 0.970. The normalized spacial score (nSPS) is 10.8. The lowest BCUT2D eigenvalue weighted by Gasteiger charge is -2.01. The summed E-state index contributed by atoms with van der Waals surface area (Å²) in [5.41, 5.74) is 9.14. The Morgan fingerprint density at radius 3 is 2.89 bits per heavy atom. The lowest BCUT2D eigenvalue weighted by Crippen LogP contribution is -1.91. The predicted molar refractivity (Wildman–Crippen MR) is 71.1 cm³/mol. The van der Waals surface area contributed by atoms with Gasteiger partial charge in [-0.2, -0.15) is 4.98 Å². The van der Waals surface area contributed by atoms with Crippen LogP contribution in [0.4, 0.5) is 5.69 Å². The van der Waals surface area contributed by atoms with E-state index in [1.165, 1.54) is 0 Å². The first-order chi connectivity index (χ1) is 9.15. The summed E-state index contributed by atoms with van der Waals surface area (Å²) in [7, 11) is 1.88. The van der Waals surface area contributed by atoms with E-state index in [1.54, 1.807) is 12.5 Å². The van der Waals surface area contributed by atoms with Gasteiger partial charge in [-0.15, -0.1) is 0 Å². The number of hydrogen-bond donors (Lipinski definition) is 1. The van der Waals surface area contributed by atoms with Gasteiger partial charge in [-0.05, 0) is 24.6 Å². The minimum absolute atomic E-state index is 0.459. The summed E-state index contributed by atoms with van der Waals surface area (Å²) in [5, 5.41) is 3.98. The monoisotopic (exact) mass is 255 g/mol. The maximum atomic E-state index is 5.79. The van der Waals surface area contributed by atoms with Crippen LogP contribution in [0.25, 0.3) is 23.0 Å². The lowest BCUT2D eigenvalue weighted by molar-refractivity contribution is 0.431. The van der Waals surface area contributed by atoms with Crippen LogP contribution in [-0.4, -0.2) is 19.7 Å². The Hall–Kier alpha value is -2.63. The average Bonchev–Trinajstić information content (AvgIpc) is 3.00. The minimum atomic E-state index is 0.459. The van der Waals surface area contributed by atoms with Crippen molar-refractivity contribution in [3.05, 3.63) is 36.3 Å². The maximum Gasteiger partial charge on any atom is 0.258 e. The van der Waals surface area contributed by atoms with Crippen molar-refractivity contribution in [2.75, 3.05) is 5.73 Å². The lowest BCUT2D eigenvalue weighted by atomic mass is 10.1. The molecule has 0 saturated heterocycles. The van der Waals surface area contributed by atoms with Crippen LogP contribution >= 0.6 is 0 Å². The molecule has 2 aromatic heterocycles. The highest BCUT2D eigenvalue weighted by molar-refractivity contribution is 5.65. The second-order valence-corrected chi connectivity index (χ2v) is 4.39. The van der Waals surface area contributed by atoms with Gasteiger partial charge >= 0.3 is 0 Å². The van der Waals surface area contributed by atoms with Crippen LogP contribution in [0, 0.1) is 6.92 Å². The van der Waals surface area contributed by atoms with Gasteiger partial charge < -0.3 is 14.8 Å². The van der Waals surface area contributed by atoms with Gasteiger partial charge in [0.2, 0.25) is 5.82 Å². The van der Waals surface area contributed by atoms with E-state index in [1.807, 2.05) is 36.7 Å². The molecule has 2 heterocycles. The van der Waals surface area contributed by atoms with E-state index in [2.05, 4.69) is 15.1 Å². The number of anilines is 1. The first-order valence-corrected chi connectivity index (χ1v) is 5.82. The molecule has 0 spiro atoms. The van der Waals surface area contributed by atoms with Gasteiger partial charge in [-0.3, -0.25) is 0 Å². The number of aryl methyl sites for hydroxylation is 2. The molecular weight excluding hydrogens is 242 g/mol. The Morgan fingerprint density at radius 2 is 2.16 bits per heavy atom. The minimum Gasteiger partial charge on any atom is -0.399 e. The van der Waals surface area contributed by atoms with Crippen molar-refractivity contribution in [3.8, 4) is 23.0 Å². The molecule has 19 heavy (non-hydrogen) atoms. The third kappa shape index (κ3) is 1.97. The second kappa shape index (κ2) is 4.24. The van der Waals surface area contributed by atoms with E-state index in [0.29, 0.717) is 17.4 Å². The molecule has 6 heteroatoms. The van der Waals surface area contributed by atoms with Crippen molar-refractivity contribution in [3.63, 3.8) is 0 Å². The molecule has 0 atom stereocenters. The smallest absolute Gasteiger partial charge is 0.258 e. The first kappa shape index (κ1) is 11.5. The standard InChI is InChI=1S/C13H13N5O/c1-8-3-4-9(14)5-10(8)13-16-12(17-19-13)11-6-15-7-18(11)2/h3-7H,14H2,1-2H3. The van der Waals surface area contributed by atoms with Gasteiger partial charge in [-0.1, -0.05) is 11.2 Å². The second-order valence-electron chi connectivity index (χ2n) is 4.39. The molecule has 0 unspecified atom stereocenters. The number of rotatable bonds is 2. The molecule has 3 aromatic rings. The summed E-state index contributed by atoms with van der Waals surface area (Å²) in [4.78, 5) is 8.42. The summed E-state index contributed by atoms with van der Waals surface area (Å²) >= 11 is 0. The van der Waals surface area contributed by atoms with E-state index in [0.717, 1.165) is 16.8 Å². The van der Waals surface area contributed by atoms with Crippen molar-refractivity contribution >= 4 is 5.69 Å². The molecule has 0 bridgehead atoms. The highest BCUT2D eigenvalue weighted by atomic mass is 16.5. The SMILES string of the molecule is Cc1ccc(N)cc1-c1nc(-c2cncn2C)no1. The third-order valence-corrected chi connectivity index (χ3v) is 2.96. The molecule has 0 aliphatic heterocycles. The number of nitrogens with zero attached hydrogens (tertiary/aromatic N) is 4. The van der Waals surface area contributed by atoms with Crippen molar-refractivity contribution in [1.82, 2.24) is 19.7 Å². The zero-order valence-electron chi connectivity index (χ0n) is 10.7. The highest BCUT2D eigenvalue weighted by Crippen LogP contribution is 2.26. The molecule has 0 saturated carbocycles. The quantitative estimate of drug-likeness (QED) is 0.708. The first-order valence-electron chi connectivity index (χ1n) is 5.82. The molecule has 0 radical (unpaired) electrons. The van der Waals surface area contributed by atoms with E-state index in [4.69, 9.17) is 10.3 Å². The Morgan fingerprint density at radius 1 is 1.32 bits per heavy atom. The number of imidazole rings is 1. The molecule has 0 fully saturated rings. The largest absolute Gasteiger partial charge is 0.399 e. The van der Waals surface area contributed by atoms with Crippen LogP contribution in [-0.2, 0) is 7.05 Å². The van der Waals surface area contributed by atoms with Gasteiger partial charge in [0.05, 0.1) is 12.5 Å². The van der Waals surface area contributed by atoms with Crippen molar-refractivity contribution < 1.29 is 4.52 Å². The van der Waals surface area contributed by atoms with Gasteiger partial charge in [-0.25, -0.2) is 4.98 Å². The van der Waals surface area contributed by atoms with Gasteiger partial charge in [0.15, 0.2) is 0 Å². The van der Waals surface area contributed by atoms with Crippen LogP contribution in [0.15, 0.2) is 35.2 Å². The Labute approximate surface area is 109 Å². The highest BCUT2D eigenvalue weighted by Gasteiger charge is 2.14. The van der Waals surface area contributed by atoms with E-state index in [-0.39, 0.29) is 0 Å². The summed E-state index contributed by atoms with van der Waals surface area (Å²) in [6.45, 7) is 1.97. The zero-order valence-corrected chi connectivity index (χ0v) is 10.7. The maximum absolute atomic E-state index is 5.79. The van der Waals surface area contributed by atoms with Crippen LogP contribution < -0.4 is 5.73 Å². The molecule has 0 aliphatic carbocycles. The fourth-order valence-electron chi connectivity index (χ4n) is 1.88. The molecule has 96 valence electrons. The number of nitrogens with two attached hydrogens (primary N) is 1. The van der Waals surface area contributed by atoms with Gasteiger partial charge in [0.25, 0.3) is 5.89 Å². The third-order valence-electron chi connectivity index (χ3n) is 2.96. The molecule has 6 nitrogen and oxygen atoms in total. The van der Waals surface area contributed by atoms with Gasteiger partial charge in [0.1, 0.15) is 5.69 Å².